The molecule has 0 aliphatic carbocycles. The Morgan fingerprint density at radius 3 is 2.57 bits per heavy atom. The summed E-state index contributed by atoms with van der Waals surface area (Å²) < 4.78 is 5.64. The number of aryl methyl sites for hydroxylation is 2. The maximum atomic E-state index is 12.6. The Labute approximate surface area is 142 Å². The van der Waals surface area contributed by atoms with Crippen molar-refractivity contribution in [1.29, 1.82) is 0 Å². The summed E-state index contributed by atoms with van der Waals surface area (Å²) in [4.78, 5) is 13.3. The monoisotopic (exact) mass is 347 g/mol. The zero-order valence-corrected chi connectivity index (χ0v) is 14.4. The van der Waals surface area contributed by atoms with Gasteiger partial charge in [-0.25, -0.2) is 0 Å². The second-order valence-electron chi connectivity index (χ2n) is 5.08. The molecule has 0 saturated heterocycles. The number of amides is 1. The van der Waals surface area contributed by atoms with Crippen molar-refractivity contribution in [2.75, 3.05) is 5.32 Å². The van der Waals surface area contributed by atoms with E-state index in [0.29, 0.717) is 21.3 Å². The second kappa shape index (κ2) is 6.10. The van der Waals surface area contributed by atoms with E-state index in [4.69, 9.17) is 11.6 Å². The average Bonchev–Trinajstić information content (AvgIpc) is 3.09. The average molecular weight is 348 g/mol. The topological polar surface area (TPSA) is 72.7 Å². The number of aromatic nitrogens is 4. The first-order valence-electron chi connectivity index (χ1n) is 6.87. The van der Waals surface area contributed by atoms with Crippen LogP contribution in [0.5, 0.6) is 0 Å². The predicted octanol–water partition coefficient (Wildman–Crippen LogP) is 3.46. The highest BCUT2D eigenvalue weighted by molar-refractivity contribution is 7.09. The Morgan fingerprint density at radius 2 is 1.96 bits per heavy atom. The molecule has 118 valence electrons. The highest BCUT2D eigenvalue weighted by atomic mass is 35.5. The number of anilines is 1. The van der Waals surface area contributed by atoms with E-state index in [-0.39, 0.29) is 5.91 Å². The van der Waals surface area contributed by atoms with Gasteiger partial charge in [-0.3, -0.25) is 9.48 Å². The van der Waals surface area contributed by atoms with Gasteiger partial charge in [0.05, 0.1) is 22.0 Å². The number of carbonyl (C=O) groups is 1. The highest BCUT2D eigenvalue weighted by Gasteiger charge is 2.20. The molecule has 0 saturated carbocycles. The molecule has 0 atom stereocenters. The Kier molecular flexibility index (Phi) is 4.14. The first-order chi connectivity index (χ1) is 11.0. The number of halogens is 1. The first kappa shape index (κ1) is 15.6. The van der Waals surface area contributed by atoms with Gasteiger partial charge in [0.2, 0.25) is 0 Å². The molecule has 2 aromatic heterocycles. The van der Waals surface area contributed by atoms with E-state index in [1.807, 2.05) is 33.0 Å². The number of hydrogen-bond acceptors (Lipinski definition) is 5. The van der Waals surface area contributed by atoms with Gasteiger partial charge in [0, 0.05) is 12.1 Å². The smallest absolute Gasteiger partial charge is 0.277 e. The van der Waals surface area contributed by atoms with Crippen LogP contribution in [-0.4, -0.2) is 25.3 Å². The van der Waals surface area contributed by atoms with Crippen molar-refractivity contribution in [1.82, 2.24) is 19.4 Å². The van der Waals surface area contributed by atoms with Gasteiger partial charge in [-0.1, -0.05) is 28.2 Å². The van der Waals surface area contributed by atoms with E-state index in [0.717, 1.165) is 17.0 Å². The van der Waals surface area contributed by atoms with Crippen molar-refractivity contribution < 1.29 is 4.79 Å². The normalized spacial score (nSPS) is 10.8. The molecule has 0 spiro atoms. The SMILES string of the molecule is Cc1nn(C)c(C)c1NC(=O)c1nnsc1-c1ccc(Cl)cc1. The molecule has 6 nitrogen and oxygen atoms in total. The van der Waals surface area contributed by atoms with Crippen LogP contribution in [0.2, 0.25) is 5.02 Å². The summed E-state index contributed by atoms with van der Waals surface area (Å²) >= 11 is 7.08. The summed E-state index contributed by atoms with van der Waals surface area (Å²) in [5.41, 5.74) is 3.49. The van der Waals surface area contributed by atoms with Crippen molar-refractivity contribution in [2.24, 2.45) is 7.05 Å². The molecule has 0 unspecified atom stereocenters. The van der Waals surface area contributed by atoms with Gasteiger partial charge in [-0.2, -0.15) is 5.10 Å². The molecule has 1 aromatic carbocycles. The van der Waals surface area contributed by atoms with Gasteiger partial charge in [-0.15, -0.1) is 5.10 Å². The van der Waals surface area contributed by atoms with Crippen molar-refractivity contribution in [3.05, 3.63) is 46.4 Å². The molecule has 0 aliphatic heterocycles. The Hall–Kier alpha value is -2.25. The third-order valence-electron chi connectivity index (χ3n) is 3.56. The maximum Gasteiger partial charge on any atom is 0.277 e. The first-order valence-corrected chi connectivity index (χ1v) is 8.02. The minimum atomic E-state index is -0.303. The van der Waals surface area contributed by atoms with E-state index in [1.54, 1.807) is 16.8 Å². The lowest BCUT2D eigenvalue weighted by atomic mass is 10.1. The lowest BCUT2D eigenvalue weighted by Crippen LogP contribution is -2.14. The van der Waals surface area contributed by atoms with Gasteiger partial charge in [0.25, 0.3) is 5.91 Å². The van der Waals surface area contributed by atoms with Crippen LogP contribution >= 0.6 is 23.1 Å². The Bertz CT molecular complexity index is 869. The van der Waals surface area contributed by atoms with Crippen molar-refractivity contribution in [3.8, 4) is 10.4 Å². The molecular formula is C15H14ClN5OS. The van der Waals surface area contributed by atoms with Gasteiger partial charge in [0.15, 0.2) is 5.69 Å². The van der Waals surface area contributed by atoms with Crippen LogP contribution in [-0.2, 0) is 7.05 Å². The third kappa shape index (κ3) is 2.97. The van der Waals surface area contributed by atoms with E-state index in [1.165, 1.54) is 11.5 Å². The molecule has 3 aromatic rings. The van der Waals surface area contributed by atoms with E-state index >= 15 is 0 Å². The number of nitrogens with one attached hydrogen (secondary N) is 1. The fourth-order valence-electron chi connectivity index (χ4n) is 2.26. The molecule has 1 N–H and O–H groups in total. The molecule has 3 rings (SSSR count). The van der Waals surface area contributed by atoms with Crippen LogP contribution in [0.1, 0.15) is 21.9 Å². The largest absolute Gasteiger partial charge is 0.317 e. The highest BCUT2D eigenvalue weighted by Crippen LogP contribution is 2.28. The second-order valence-corrected chi connectivity index (χ2v) is 6.27. The molecule has 0 bridgehead atoms. The summed E-state index contributed by atoms with van der Waals surface area (Å²) in [5, 5.41) is 11.8. The molecular weight excluding hydrogens is 334 g/mol. The van der Waals surface area contributed by atoms with Crippen molar-refractivity contribution >= 4 is 34.7 Å². The predicted molar refractivity (Wildman–Crippen MR) is 91.0 cm³/mol. The van der Waals surface area contributed by atoms with Crippen LogP contribution in [0.4, 0.5) is 5.69 Å². The summed E-state index contributed by atoms with van der Waals surface area (Å²) in [5.74, 6) is -0.303. The van der Waals surface area contributed by atoms with Gasteiger partial charge < -0.3 is 5.32 Å². The van der Waals surface area contributed by atoms with Crippen LogP contribution in [0.25, 0.3) is 10.4 Å². The van der Waals surface area contributed by atoms with E-state index in [2.05, 4.69) is 20.0 Å². The maximum absolute atomic E-state index is 12.6. The number of hydrogen-bond donors (Lipinski definition) is 1. The molecule has 0 radical (unpaired) electrons. The van der Waals surface area contributed by atoms with Crippen LogP contribution in [0, 0.1) is 13.8 Å². The molecule has 0 aliphatic rings. The fraction of sp³-hybridized carbons (Fsp3) is 0.200. The van der Waals surface area contributed by atoms with Crippen LogP contribution in [0.3, 0.4) is 0 Å². The molecule has 8 heteroatoms. The minimum absolute atomic E-state index is 0.292. The quantitative estimate of drug-likeness (QED) is 0.787. The lowest BCUT2D eigenvalue weighted by Gasteiger charge is -2.05. The van der Waals surface area contributed by atoms with Gasteiger partial charge >= 0.3 is 0 Å². The molecule has 1 amide bonds. The molecule has 23 heavy (non-hydrogen) atoms. The summed E-state index contributed by atoms with van der Waals surface area (Å²) in [6, 6.07) is 7.23. The number of carbonyl (C=O) groups excluding carboxylic acids is 1. The Morgan fingerprint density at radius 1 is 1.26 bits per heavy atom. The summed E-state index contributed by atoms with van der Waals surface area (Å²) in [7, 11) is 1.83. The molecule has 0 fully saturated rings. The van der Waals surface area contributed by atoms with E-state index < -0.39 is 0 Å². The summed E-state index contributed by atoms with van der Waals surface area (Å²) in [6.45, 7) is 3.75. The van der Waals surface area contributed by atoms with Gasteiger partial charge in [-0.05, 0) is 43.1 Å². The third-order valence-corrected chi connectivity index (χ3v) is 4.58. The zero-order chi connectivity index (χ0) is 16.6. The summed E-state index contributed by atoms with van der Waals surface area (Å²) in [6.07, 6.45) is 0. The number of rotatable bonds is 3. The van der Waals surface area contributed by atoms with Crippen molar-refractivity contribution in [3.63, 3.8) is 0 Å². The fourth-order valence-corrected chi connectivity index (χ4v) is 3.05. The van der Waals surface area contributed by atoms with Crippen molar-refractivity contribution in [2.45, 2.75) is 13.8 Å². The van der Waals surface area contributed by atoms with Gasteiger partial charge in [0.1, 0.15) is 0 Å². The minimum Gasteiger partial charge on any atom is -0.317 e. The number of benzene rings is 1. The Balaban J connectivity index is 1.92. The van der Waals surface area contributed by atoms with Crippen LogP contribution < -0.4 is 5.32 Å². The number of nitrogens with zero attached hydrogens (tertiary/aromatic N) is 4. The molecule has 2 heterocycles. The van der Waals surface area contributed by atoms with Crippen LogP contribution in [0.15, 0.2) is 24.3 Å². The lowest BCUT2D eigenvalue weighted by molar-refractivity contribution is 0.102. The van der Waals surface area contributed by atoms with E-state index in [9.17, 15) is 4.79 Å². The zero-order valence-electron chi connectivity index (χ0n) is 12.8. The standard InChI is InChI=1S/C15H14ClN5OS/c1-8-12(9(2)21(3)19-8)17-15(22)13-14(23-20-18-13)10-4-6-11(16)7-5-10/h4-7H,1-3H3,(H,17,22).